The molecule has 89 heavy (non-hydrogen) atoms. The number of esters is 3. The van der Waals surface area contributed by atoms with Crippen LogP contribution in [0, 0.1) is 0 Å². The summed E-state index contributed by atoms with van der Waals surface area (Å²) in [7, 11) is 19.8. The Bertz CT molecular complexity index is 4290. The second-order valence-electron chi connectivity index (χ2n) is 23.5. The van der Waals surface area contributed by atoms with Gasteiger partial charge in [0.2, 0.25) is 0 Å². The zero-order chi connectivity index (χ0) is 71.5. The van der Waals surface area contributed by atoms with Crippen molar-refractivity contribution in [2.24, 2.45) is 0 Å². The minimum atomic E-state index is -1.51. The van der Waals surface area contributed by atoms with Crippen molar-refractivity contribution >= 4 is 84.1 Å². The van der Waals surface area contributed by atoms with E-state index < -0.39 is 43.9 Å². The molecule has 15 nitrogen and oxygen atoms in total. The number of aromatic nitrogens is 4. The van der Waals surface area contributed by atoms with Crippen LogP contribution in [-0.2, 0) is 25.7 Å². The topological polar surface area (TPSA) is 166 Å². The van der Waals surface area contributed by atoms with Crippen LogP contribution in [0.15, 0.2) is 189 Å². The highest BCUT2D eigenvalue weighted by molar-refractivity contribution is 14.1. The van der Waals surface area contributed by atoms with Crippen LogP contribution < -0.4 is 14.2 Å². The number of phenols is 1. The van der Waals surface area contributed by atoms with Crippen molar-refractivity contribution < 1.29 is 58.1 Å². The number of benzene rings is 7. The molecule has 4 aromatic heterocycles. The third kappa shape index (κ3) is 20.0. The van der Waals surface area contributed by atoms with Gasteiger partial charge in [-0.1, -0.05) is 101 Å². The van der Waals surface area contributed by atoms with Crippen molar-refractivity contribution in [1.82, 2.24) is 24.8 Å². The second kappa shape index (κ2) is 31.6. The van der Waals surface area contributed by atoms with E-state index in [1.54, 1.807) is 148 Å². The molecule has 0 atom stereocenters. The number of halogens is 1. The quantitative estimate of drug-likeness (QED) is 0.0186. The molecule has 0 radical (unpaired) electrons. The lowest BCUT2D eigenvalue weighted by molar-refractivity contribution is -0.870. The summed E-state index contributed by atoms with van der Waals surface area (Å²) in [5.74, 6) is 0.198. The maximum absolute atomic E-state index is 12.4. The molecular formula is C73H88IN8O7+3. The number of rotatable bonds is 18. The maximum atomic E-state index is 12.4. The minimum absolute atomic E-state index is 0.172. The Labute approximate surface area is 549 Å². The largest absolute Gasteiger partial charge is 0.507 e. The number of carbonyl (C=O) groups excluding carboxylic acids is 3. The third-order valence-electron chi connectivity index (χ3n) is 13.5. The van der Waals surface area contributed by atoms with Crippen LogP contribution in [0.2, 0.25) is 0 Å². The number of quaternary nitrogens is 3. The molecule has 0 aliphatic carbocycles. The zero-order valence-corrected chi connectivity index (χ0v) is 54.9. The van der Waals surface area contributed by atoms with Gasteiger partial charge in [0.15, 0.2) is 0 Å². The summed E-state index contributed by atoms with van der Waals surface area (Å²) in [5.41, 5.74) is 7.85. The van der Waals surface area contributed by atoms with Crippen molar-refractivity contribution in [3.8, 4) is 23.0 Å². The van der Waals surface area contributed by atoms with E-state index in [9.17, 15) is 19.5 Å². The third-order valence-corrected chi connectivity index (χ3v) is 13.5. The van der Waals surface area contributed by atoms with Gasteiger partial charge in [-0.25, -0.2) is 14.4 Å². The summed E-state index contributed by atoms with van der Waals surface area (Å²) in [5, 5.41) is 12.8. The Balaban J connectivity index is 0.000000182. The molecule has 466 valence electrons. The van der Waals surface area contributed by atoms with Gasteiger partial charge in [-0.05, 0) is 133 Å². The molecule has 0 aliphatic heterocycles. The summed E-state index contributed by atoms with van der Waals surface area (Å²) >= 11 is 2.15. The van der Waals surface area contributed by atoms with Gasteiger partial charge in [0.05, 0.1) is 108 Å². The van der Waals surface area contributed by atoms with Crippen molar-refractivity contribution in [2.75, 3.05) is 108 Å². The van der Waals surface area contributed by atoms with E-state index in [0.29, 0.717) is 33.9 Å². The predicted octanol–water partition coefficient (Wildman–Crippen LogP) is 13.9. The molecule has 0 amide bonds. The van der Waals surface area contributed by atoms with Crippen LogP contribution in [0.1, 0.15) is 64.3 Å². The van der Waals surface area contributed by atoms with Crippen molar-refractivity contribution in [3.63, 3.8) is 0 Å². The number of hydrogen-bond donors (Lipinski definition) is 5. The van der Waals surface area contributed by atoms with Gasteiger partial charge in [-0.3, -0.25) is 0 Å². The van der Waals surface area contributed by atoms with E-state index in [4.69, 9.17) is 25.2 Å². The zero-order valence-electron chi connectivity index (χ0n) is 60.8. The van der Waals surface area contributed by atoms with Crippen LogP contribution in [-0.4, -0.2) is 170 Å². The number of ether oxygens (including phenoxy) is 3. The van der Waals surface area contributed by atoms with Gasteiger partial charge in [0, 0.05) is 96.9 Å². The van der Waals surface area contributed by atoms with Crippen LogP contribution in [0.4, 0.5) is 0 Å². The van der Waals surface area contributed by atoms with E-state index >= 15 is 0 Å². The molecular weight excluding hydrogens is 1230 g/mol. The molecule has 16 heteroatoms. The number of hydrogen-bond acceptors (Lipinski definition) is 8. The Hall–Kier alpha value is -8.52. The number of fused-ring (bicyclic) bond motifs is 4. The molecule has 0 aliphatic rings. The SMILES string of the molecule is CI.[2H]C([2H])(Cc1c[nH]c2cccc(O)c12)[N+](C)(C)C.[2H]C([2H])(Cc1c[nH]c2cccc(OC(=O)c3ccccc3)c12)N(C)C.[2H]C([2H])(Cc1c[nH]c2cccc(OC(=O)c3ccccc3)c12)[N+](C)(C)C.[2H]C([2H])(Cc1c[nH]c2cccc(OC(=O)c3ccccc3)c12)[N+](C)(C)C. The van der Waals surface area contributed by atoms with Crippen LogP contribution >= 0.6 is 22.6 Å². The summed E-state index contributed by atoms with van der Waals surface area (Å²) < 4.78 is 83.6. The summed E-state index contributed by atoms with van der Waals surface area (Å²) in [4.78, 5) is 53.2. The molecule has 0 spiro atoms. The molecule has 0 fully saturated rings. The number of aryl methyl sites for hydroxylation is 4. The molecule has 7 aromatic carbocycles. The minimum Gasteiger partial charge on any atom is -0.507 e. The fourth-order valence-electron chi connectivity index (χ4n) is 9.12. The first kappa shape index (κ1) is 57.0. The number of aromatic amines is 4. The molecule has 5 N–H and O–H groups in total. The monoisotopic (exact) mass is 1320 g/mol. The number of carbonyl (C=O) groups is 3. The smallest absolute Gasteiger partial charge is 0.343 e. The van der Waals surface area contributed by atoms with Crippen molar-refractivity contribution in [2.45, 2.75) is 25.7 Å². The highest BCUT2D eigenvalue weighted by Gasteiger charge is 2.20. The first-order chi connectivity index (χ1) is 45.5. The number of nitrogens with one attached hydrogen (secondary N) is 4. The Morgan fingerprint density at radius 3 is 0.966 bits per heavy atom. The van der Waals surface area contributed by atoms with Crippen LogP contribution in [0.25, 0.3) is 43.6 Å². The highest BCUT2D eigenvalue weighted by Crippen LogP contribution is 2.33. The fourth-order valence-corrected chi connectivity index (χ4v) is 9.12. The Morgan fingerprint density at radius 2 is 0.674 bits per heavy atom. The van der Waals surface area contributed by atoms with Crippen molar-refractivity contribution in [1.29, 1.82) is 0 Å². The molecule has 11 aromatic rings. The van der Waals surface area contributed by atoms with Gasteiger partial charge in [0.25, 0.3) is 0 Å². The van der Waals surface area contributed by atoms with E-state index in [1.165, 1.54) is 4.90 Å². The van der Waals surface area contributed by atoms with E-state index in [2.05, 4.69) is 42.5 Å². The van der Waals surface area contributed by atoms with Gasteiger partial charge < -0.3 is 57.6 Å². The van der Waals surface area contributed by atoms with Gasteiger partial charge >= 0.3 is 17.9 Å². The molecule has 0 saturated carbocycles. The number of alkyl halides is 1. The summed E-state index contributed by atoms with van der Waals surface area (Å²) in [6, 6.07) is 48.0. The number of likely N-dealkylation sites (N-methyl/N-ethyl adjacent to an activating group) is 4. The first-order valence-corrected chi connectivity index (χ1v) is 31.0. The second-order valence-corrected chi connectivity index (χ2v) is 23.5. The van der Waals surface area contributed by atoms with Crippen molar-refractivity contribution in [3.05, 3.63) is 228 Å². The number of phenolic OH excluding ortho intramolecular Hbond substituents is 1. The standard InChI is InChI=1S/2C20H23N2O2.C19H20N2O2.C13H18N2O.CH3I/c2*1-22(2,3)13-12-16-14-21-17-10-7-11-18(19(16)17)24-20(23)15-8-5-4-6-9-15;1-21(2)12-11-15-13-20-16-9-6-10-17(18(15)16)23-19(22)14-7-4-3-5-8-14;1-15(2,3)8-7-10-9-14-11-5-4-6-12(16)13(10)11;1-2/h2*4-11,14,21H,12-13H2,1-3H3;3-10,13,20H,11-12H2,1-2H3;4-6,9,14H,7-8H2,1-3H3;1H3/q2*+1;;;/p+1/i2*13D2;12D2;8D2;. The van der Waals surface area contributed by atoms with Gasteiger partial charge in [-0.15, -0.1) is 0 Å². The molecule has 0 saturated heterocycles. The number of aromatic hydroxyl groups is 1. The van der Waals surface area contributed by atoms with E-state index in [-0.39, 0.29) is 44.9 Å². The maximum Gasteiger partial charge on any atom is 0.343 e. The van der Waals surface area contributed by atoms with Crippen LogP contribution in [0.5, 0.6) is 23.0 Å². The van der Waals surface area contributed by atoms with E-state index in [1.807, 2.05) is 123 Å². The lowest BCUT2D eigenvalue weighted by Crippen LogP contribution is -2.36. The fraction of sp³-hybridized carbons (Fsp3) is 0.274. The normalized spacial score (nSPS) is 13.4. The number of H-pyrrole nitrogens is 4. The van der Waals surface area contributed by atoms with E-state index in [0.717, 1.165) is 65.9 Å². The Morgan fingerprint density at radius 1 is 0.404 bits per heavy atom. The lowest BCUT2D eigenvalue weighted by Gasteiger charge is -2.23. The van der Waals surface area contributed by atoms with Crippen LogP contribution in [0.3, 0.4) is 0 Å². The average Bonchev–Trinajstić information content (AvgIpc) is 1.73. The molecule has 4 heterocycles. The lowest BCUT2D eigenvalue weighted by atomic mass is 10.1. The highest BCUT2D eigenvalue weighted by atomic mass is 127. The first-order valence-electron chi connectivity index (χ1n) is 32.8. The summed E-state index contributed by atoms with van der Waals surface area (Å²) in [6.45, 7) is -5.83. The van der Waals surface area contributed by atoms with Gasteiger partial charge in [0.1, 0.15) is 23.0 Å². The average molecular weight is 1320 g/mol. The molecule has 11 rings (SSSR count). The number of nitrogens with zero attached hydrogens (tertiary/aromatic N) is 4. The molecule has 0 bridgehead atoms. The Kier molecular flexibility index (Phi) is 20.2. The predicted molar refractivity (Wildman–Crippen MR) is 371 cm³/mol. The summed E-state index contributed by atoms with van der Waals surface area (Å²) in [6.07, 6.45) is 7.97. The van der Waals surface area contributed by atoms with Gasteiger partial charge in [-0.2, -0.15) is 0 Å². The molecule has 0 unspecified atom stereocenters.